The summed E-state index contributed by atoms with van der Waals surface area (Å²) >= 11 is 0. The number of hydrogen-bond donors (Lipinski definition) is 1. The van der Waals surface area contributed by atoms with Crippen molar-refractivity contribution in [3.05, 3.63) is 30.0 Å². The second-order valence-corrected chi connectivity index (χ2v) is 4.24. The summed E-state index contributed by atoms with van der Waals surface area (Å²) in [6.07, 6.45) is 0. The third kappa shape index (κ3) is 1.93. The molecule has 2 aromatic rings. The Morgan fingerprint density at radius 1 is 1.22 bits per heavy atom. The topological polar surface area (TPSA) is 62.9 Å². The molecule has 2 heterocycles. The number of carboxylic acids is 1. The Labute approximate surface area is 104 Å². The molecule has 1 fully saturated rings. The number of furan rings is 1. The number of morpholine rings is 1. The molecule has 0 radical (unpaired) electrons. The summed E-state index contributed by atoms with van der Waals surface area (Å²) in [5.41, 5.74) is 1.65. The highest BCUT2D eigenvalue weighted by molar-refractivity contribution is 5.92. The van der Waals surface area contributed by atoms with Gasteiger partial charge >= 0.3 is 5.97 Å². The van der Waals surface area contributed by atoms with Crippen LogP contribution in [0.3, 0.4) is 0 Å². The Balaban J connectivity index is 1.96. The van der Waals surface area contributed by atoms with E-state index in [2.05, 4.69) is 4.90 Å². The largest absolute Gasteiger partial charge is 0.475 e. The van der Waals surface area contributed by atoms with Crippen molar-refractivity contribution in [2.24, 2.45) is 0 Å². The van der Waals surface area contributed by atoms with Gasteiger partial charge in [0.2, 0.25) is 5.76 Å². The molecule has 5 heteroatoms. The van der Waals surface area contributed by atoms with Gasteiger partial charge in [0.05, 0.1) is 13.2 Å². The molecule has 0 amide bonds. The number of nitrogens with zero attached hydrogens (tertiary/aromatic N) is 1. The number of benzene rings is 1. The lowest BCUT2D eigenvalue weighted by atomic mass is 10.2. The van der Waals surface area contributed by atoms with Gasteiger partial charge in [-0.15, -0.1) is 0 Å². The summed E-state index contributed by atoms with van der Waals surface area (Å²) in [5, 5.41) is 9.69. The molecule has 1 N–H and O–H groups in total. The zero-order valence-corrected chi connectivity index (χ0v) is 9.76. The molecule has 0 atom stereocenters. The lowest BCUT2D eigenvalue weighted by Gasteiger charge is -2.28. The minimum Gasteiger partial charge on any atom is -0.475 e. The Kier molecular flexibility index (Phi) is 2.68. The highest BCUT2D eigenvalue weighted by Crippen LogP contribution is 2.25. The highest BCUT2D eigenvalue weighted by atomic mass is 16.5. The third-order valence-corrected chi connectivity index (χ3v) is 3.09. The van der Waals surface area contributed by atoms with E-state index in [9.17, 15) is 4.79 Å². The number of fused-ring (bicyclic) bond motifs is 1. The Bertz CT molecular complexity index is 584. The van der Waals surface area contributed by atoms with Crippen molar-refractivity contribution in [2.75, 3.05) is 31.2 Å². The molecule has 1 aromatic heterocycles. The van der Waals surface area contributed by atoms with Crippen LogP contribution >= 0.6 is 0 Å². The fraction of sp³-hybridized carbons (Fsp3) is 0.308. The summed E-state index contributed by atoms with van der Waals surface area (Å²) in [6, 6.07) is 7.29. The van der Waals surface area contributed by atoms with Crippen LogP contribution in [-0.4, -0.2) is 37.4 Å². The van der Waals surface area contributed by atoms with Crippen LogP contribution in [0.4, 0.5) is 5.69 Å². The monoisotopic (exact) mass is 247 g/mol. The fourth-order valence-electron chi connectivity index (χ4n) is 2.14. The van der Waals surface area contributed by atoms with Gasteiger partial charge in [0.1, 0.15) is 5.58 Å². The van der Waals surface area contributed by atoms with Gasteiger partial charge in [0, 0.05) is 30.2 Å². The van der Waals surface area contributed by atoms with Gasteiger partial charge in [0.15, 0.2) is 0 Å². The molecule has 0 spiro atoms. The van der Waals surface area contributed by atoms with E-state index in [0.717, 1.165) is 37.4 Å². The fourth-order valence-corrected chi connectivity index (χ4v) is 2.14. The van der Waals surface area contributed by atoms with Crippen LogP contribution in [0.5, 0.6) is 0 Å². The first-order valence-electron chi connectivity index (χ1n) is 5.83. The Hall–Kier alpha value is -2.01. The van der Waals surface area contributed by atoms with Gasteiger partial charge in [-0.2, -0.15) is 0 Å². The SMILES string of the molecule is O=C(O)c1cc2ccc(N3CCOCC3)cc2o1. The van der Waals surface area contributed by atoms with E-state index in [-0.39, 0.29) is 5.76 Å². The van der Waals surface area contributed by atoms with E-state index in [1.165, 1.54) is 0 Å². The number of anilines is 1. The summed E-state index contributed by atoms with van der Waals surface area (Å²) in [4.78, 5) is 13.0. The van der Waals surface area contributed by atoms with Crippen molar-refractivity contribution in [3.8, 4) is 0 Å². The van der Waals surface area contributed by atoms with E-state index in [1.54, 1.807) is 6.07 Å². The van der Waals surface area contributed by atoms with Crippen LogP contribution in [0.2, 0.25) is 0 Å². The maximum absolute atomic E-state index is 10.8. The van der Waals surface area contributed by atoms with Gasteiger partial charge in [-0.1, -0.05) is 0 Å². The predicted molar refractivity (Wildman–Crippen MR) is 66.2 cm³/mol. The number of rotatable bonds is 2. The van der Waals surface area contributed by atoms with E-state index < -0.39 is 5.97 Å². The quantitative estimate of drug-likeness (QED) is 0.879. The molecule has 3 rings (SSSR count). The second-order valence-electron chi connectivity index (χ2n) is 4.24. The van der Waals surface area contributed by atoms with E-state index in [0.29, 0.717) is 5.58 Å². The number of hydrogen-bond acceptors (Lipinski definition) is 4. The molecule has 1 aliphatic rings. The molecule has 18 heavy (non-hydrogen) atoms. The average Bonchev–Trinajstić information content (AvgIpc) is 2.82. The van der Waals surface area contributed by atoms with E-state index >= 15 is 0 Å². The summed E-state index contributed by atoms with van der Waals surface area (Å²) in [6.45, 7) is 3.13. The summed E-state index contributed by atoms with van der Waals surface area (Å²) in [5.74, 6) is -1.07. The highest BCUT2D eigenvalue weighted by Gasteiger charge is 2.14. The smallest absolute Gasteiger partial charge is 0.371 e. The van der Waals surface area contributed by atoms with Gasteiger partial charge < -0.3 is 19.2 Å². The lowest BCUT2D eigenvalue weighted by molar-refractivity contribution is 0.0665. The van der Waals surface area contributed by atoms with Crippen LogP contribution in [0.1, 0.15) is 10.6 Å². The molecular weight excluding hydrogens is 234 g/mol. The summed E-state index contributed by atoms with van der Waals surface area (Å²) in [7, 11) is 0. The molecule has 1 aromatic carbocycles. The number of carboxylic acid groups (broad SMARTS) is 1. The van der Waals surface area contributed by atoms with Gasteiger partial charge in [-0.3, -0.25) is 0 Å². The van der Waals surface area contributed by atoms with Crippen molar-refractivity contribution < 1.29 is 19.1 Å². The van der Waals surface area contributed by atoms with Gasteiger partial charge in [-0.05, 0) is 18.2 Å². The first-order valence-corrected chi connectivity index (χ1v) is 5.83. The van der Waals surface area contributed by atoms with Crippen LogP contribution in [-0.2, 0) is 4.74 Å². The zero-order valence-electron chi connectivity index (χ0n) is 9.76. The standard InChI is InChI=1S/C13H13NO4/c15-13(16)12-7-9-1-2-10(8-11(9)18-12)14-3-5-17-6-4-14/h1-2,7-8H,3-6H2,(H,15,16). The molecule has 0 saturated carbocycles. The Morgan fingerprint density at radius 3 is 2.72 bits per heavy atom. The predicted octanol–water partition coefficient (Wildman–Crippen LogP) is 1.97. The molecule has 5 nitrogen and oxygen atoms in total. The average molecular weight is 247 g/mol. The molecule has 0 unspecified atom stereocenters. The molecule has 1 aliphatic heterocycles. The number of aromatic carboxylic acids is 1. The first kappa shape index (κ1) is 11.1. The number of ether oxygens (including phenoxy) is 1. The number of carbonyl (C=O) groups is 1. The molecule has 0 bridgehead atoms. The lowest BCUT2D eigenvalue weighted by Crippen LogP contribution is -2.36. The maximum atomic E-state index is 10.8. The van der Waals surface area contributed by atoms with Crippen LogP contribution in [0.25, 0.3) is 11.0 Å². The molecule has 1 saturated heterocycles. The molecule has 94 valence electrons. The van der Waals surface area contributed by atoms with Crippen molar-refractivity contribution in [3.63, 3.8) is 0 Å². The minimum absolute atomic E-state index is 0.0240. The molecular formula is C13H13NO4. The zero-order chi connectivity index (χ0) is 12.5. The summed E-state index contributed by atoms with van der Waals surface area (Å²) < 4.78 is 10.6. The molecule has 0 aliphatic carbocycles. The normalized spacial score (nSPS) is 16.1. The van der Waals surface area contributed by atoms with Crippen molar-refractivity contribution in [1.82, 2.24) is 0 Å². The van der Waals surface area contributed by atoms with Gasteiger partial charge in [-0.25, -0.2) is 4.79 Å². The third-order valence-electron chi connectivity index (χ3n) is 3.09. The van der Waals surface area contributed by atoms with Crippen LogP contribution < -0.4 is 4.90 Å². The van der Waals surface area contributed by atoms with Crippen molar-refractivity contribution >= 4 is 22.6 Å². The van der Waals surface area contributed by atoms with Crippen LogP contribution in [0, 0.1) is 0 Å². The van der Waals surface area contributed by atoms with Gasteiger partial charge in [0.25, 0.3) is 0 Å². The van der Waals surface area contributed by atoms with E-state index in [1.807, 2.05) is 18.2 Å². The van der Waals surface area contributed by atoms with Crippen molar-refractivity contribution in [2.45, 2.75) is 0 Å². The van der Waals surface area contributed by atoms with Crippen LogP contribution in [0.15, 0.2) is 28.7 Å². The van der Waals surface area contributed by atoms with E-state index in [4.69, 9.17) is 14.3 Å². The van der Waals surface area contributed by atoms with Crippen molar-refractivity contribution in [1.29, 1.82) is 0 Å². The maximum Gasteiger partial charge on any atom is 0.371 e. The first-order chi connectivity index (χ1) is 8.74. The Morgan fingerprint density at radius 2 is 2.00 bits per heavy atom. The second kappa shape index (κ2) is 4.34. The minimum atomic E-state index is -1.04.